The van der Waals surface area contributed by atoms with Crippen molar-refractivity contribution in [3.63, 3.8) is 0 Å². The van der Waals surface area contributed by atoms with E-state index in [2.05, 4.69) is 42.5 Å². The van der Waals surface area contributed by atoms with Crippen LogP contribution in [0.5, 0.6) is 5.75 Å². The lowest BCUT2D eigenvalue weighted by atomic mass is 10.2. The quantitative estimate of drug-likeness (QED) is 0.481. The van der Waals surface area contributed by atoms with Crippen LogP contribution >= 0.6 is 11.3 Å². The number of rotatable bonds is 6. The van der Waals surface area contributed by atoms with Crippen LogP contribution in [0.4, 0.5) is 0 Å². The highest BCUT2D eigenvalue weighted by Crippen LogP contribution is 2.32. The first-order chi connectivity index (χ1) is 14.3. The first-order valence-electron chi connectivity index (χ1n) is 9.46. The molecule has 1 aliphatic heterocycles. The largest absolute Gasteiger partial charge is 0.488 e. The van der Waals surface area contributed by atoms with Crippen molar-refractivity contribution in [2.75, 3.05) is 13.1 Å². The Balaban J connectivity index is 1.31. The number of thiophene rings is 1. The second-order valence-corrected chi connectivity index (χ2v) is 7.89. The maximum absolute atomic E-state index is 6.33. The van der Waals surface area contributed by atoms with Crippen molar-refractivity contribution in [2.45, 2.75) is 19.1 Å². The zero-order valence-corrected chi connectivity index (χ0v) is 16.5. The number of benzene rings is 1. The molecule has 0 saturated carbocycles. The van der Waals surface area contributed by atoms with Crippen LogP contribution in [0, 0.1) is 0 Å². The van der Waals surface area contributed by atoms with E-state index < -0.39 is 0 Å². The average Bonchev–Trinajstić information content (AvgIpc) is 3.52. The van der Waals surface area contributed by atoms with Crippen LogP contribution in [0.1, 0.15) is 11.3 Å². The molecule has 1 aromatic carbocycles. The number of hydrogen-bond acceptors (Lipinski definition) is 8. The van der Waals surface area contributed by atoms with E-state index in [0.29, 0.717) is 17.4 Å². The molecular weight excluding hydrogens is 386 g/mol. The van der Waals surface area contributed by atoms with Gasteiger partial charge in [0.2, 0.25) is 5.82 Å². The highest BCUT2D eigenvalue weighted by Gasteiger charge is 2.26. The third kappa shape index (κ3) is 4.03. The van der Waals surface area contributed by atoms with Crippen molar-refractivity contribution in [3.8, 4) is 28.7 Å². The lowest BCUT2D eigenvalue weighted by molar-refractivity contribution is 0.199. The summed E-state index contributed by atoms with van der Waals surface area (Å²) in [5, 5.41) is 6.16. The molecule has 4 heterocycles. The standard InChI is InChI=1S/C21H19N5O2S/c1-2-6-19(27-15-7-10-26(13-15)14-16-4-3-11-29-16)17(5-1)21-24-20(25-28-21)18-12-22-8-9-23-18/h1-6,8-9,11-12,15H,7,10,13-14H2. The summed E-state index contributed by atoms with van der Waals surface area (Å²) in [6.07, 6.45) is 5.95. The predicted molar refractivity (Wildman–Crippen MR) is 109 cm³/mol. The summed E-state index contributed by atoms with van der Waals surface area (Å²) in [6.45, 7) is 2.91. The Morgan fingerprint density at radius 3 is 3.00 bits per heavy atom. The zero-order chi connectivity index (χ0) is 19.5. The lowest BCUT2D eigenvalue weighted by Crippen LogP contribution is -2.24. The van der Waals surface area contributed by atoms with Crippen molar-refractivity contribution in [1.82, 2.24) is 25.0 Å². The Hall–Kier alpha value is -3.10. The van der Waals surface area contributed by atoms with E-state index in [1.165, 1.54) is 4.88 Å². The second kappa shape index (κ2) is 8.10. The fourth-order valence-corrected chi connectivity index (χ4v) is 4.18. The normalized spacial score (nSPS) is 16.9. The summed E-state index contributed by atoms with van der Waals surface area (Å²) < 4.78 is 11.8. The number of aromatic nitrogens is 4. The molecule has 0 spiro atoms. The third-order valence-electron chi connectivity index (χ3n) is 4.82. The number of nitrogens with zero attached hydrogens (tertiary/aromatic N) is 5. The van der Waals surface area contributed by atoms with Crippen LogP contribution in [-0.4, -0.2) is 44.2 Å². The highest BCUT2D eigenvalue weighted by molar-refractivity contribution is 7.09. The Bertz CT molecular complexity index is 1070. The van der Waals surface area contributed by atoms with Crippen LogP contribution < -0.4 is 4.74 Å². The van der Waals surface area contributed by atoms with Crippen molar-refractivity contribution in [1.29, 1.82) is 0 Å². The summed E-state index contributed by atoms with van der Waals surface area (Å²) >= 11 is 1.80. The van der Waals surface area contributed by atoms with Crippen LogP contribution in [-0.2, 0) is 6.54 Å². The van der Waals surface area contributed by atoms with Gasteiger partial charge in [0.25, 0.3) is 5.89 Å². The SMILES string of the molecule is c1csc(CN2CCC(Oc3ccccc3-c3nc(-c4cnccn4)no3)C2)c1. The second-order valence-electron chi connectivity index (χ2n) is 6.85. The van der Waals surface area contributed by atoms with Gasteiger partial charge in [-0.3, -0.25) is 9.88 Å². The minimum absolute atomic E-state index is 0.137. The fraction of sp³-hybridized carbons (Fsp3) is 0.238. The molecule has 0 amide bonds. The molecule has 7 nitrogen and oxygen atoms in total. The number of para-hydroxylation sites is 1. The summed E-state index contributed by atoms with van der Waals surface area (Å²) in [5.41, 5.74) is 1.35. The highest BCUT2D eigenvalue weighted by atomic mass is 32.1. The maximum atomic E-state index is 6.33. The summed E-state index contributed by atoms with van der Waals surface area (Å²) in [7, 11) is 0. The number of ether oxygens (including phenoxy) is 1. The molecule has 5 rings (SSSR count). The molecule has 3 aromatic heterocycles. The van der Waals surface area contributed by atoms with Gasteiger partial charge in [-0.25, -0.2) is 4.98 Å². The van der Waals surface area contributed by atoms with E-state index in [4.69, 9.17) is 9.26 Å². The van der Waals surface area contributed by atoms with Gasteiger partial charge in [0.15, 0.2) is 0 Å². The maximum Gasteiger partial charge on any atom is 0.262 e. The van der Waals surface area contributed by atoms with Gasteiger partial charge in [-0.15, -0.1) is 11.3 Å². The van der Waals surface area contributed by atoms with Gasteiger partial charge in [0.05, 0.1) is 11.8 Å². The zero-order valence-electron chi connectivity index (χ0n) is 15.6. The van der Waals surface area contributed by atoms with Crippen LogP contribution in [0.25, 0.3) is 23.0 Å². The van der Waals surface area contributed by atoms with E-state index in [0.717, 1.165) is 37.4 Å². The molecule has 1 saturated heterocycles. The summed E-state index contributed by atoms with van der Waals surface area (Å²) in [6, 6.07) is 12.0. The molecular formula is C21H19N5O2S. The molecule has 0 bridgehead atoms. The van der Waals surface area contributed by atoms with Crippen LogP contribution in [0.2, 0.25) is 0 Å². The summed E-state index contributed by atoms with van der Waals surface area (Å²) in [4.78, 5) is 16.6. The van der Waals surface area contributed by atoms with Gasteiger partial charge >= 0.3 is 0 Å². The predicted octanol–water partition coefficient (Wildman–Crippen LogP) is 3.91. The van der Waals surface area contributed by atoms with Crippen LogP contribution in [0.15, 0.2) is 64.9 Å². The smallest absolute Gasteiger partial charge is 0.262 e. The number of likely N-dealkylation sites (tertiary alicyclic amines) is 1. The first kappa shape index (κ1) is 18.0. The van der Waals surface area contributed by atoms with Crippen molar-refractivity contribution >= 4 is 11.3 Å². The molecule has 0 N–H and O–H groups in total. The van der Waals surface area contributed by atoms with E-state index in [1.54, 1.807) is 29.9 Å². The van der Waals surface area contributed by atoms with Crippen molar-refractivity contribution in [3.05, 3.63) is 65.2 Å². The Labute approximate surface area is 172 Å². The molecule has 146 valence electrons. The lowest BCUT2D eigenvalue weighted by Gasteiger charge is -2.17. The average molecular weight is 405 g/mol. The van der Waals surface area contributed by atoms with Gasteiger partial charge in [-0.2, -0.15) is 4.98 Å². The van der Waals surface area contributed by atoms with E-state index in [1.807, 2.05) is 24.3 Å². The minimum atomic E-state index is 0.137. The van der Waals surface area contributed by atoms with Gasteiger partial charge in [0, 0.05) is 36.9 Å². The van der Waals surface area contributed by atoms with Crippen molar-refractivity contribution < 1.29 is 9.26 Å². The fourth-order valence-electron chi connectivity index (χ4n) is 3.44. The van der Waals surface area contributed by atoms with Gasteiger partial charge < -0.3 is 9.26 Å². The minimum Gasteiger partial charge on any atom is -0.488 e. The summed E-state index contributed by atoms with van der Waals surface area (Å²) in [5.74, 6) is 1.57. The van der Waals surface area contributed by atoms with E-state index >= 15 is 0 Å². The third-order valence-corrected chi connectivity index (χ3v) is 5.68. The molecule has 0 radical (unpaired) electrons. The molecule has 1 aliphatic rings. The van der Waals surface area contributed by atoms with E-state index in [-0.39, 0.29) is 6.10 Å². The molecule has 8 heteroatoms. The Morgan fingerprint density at radius 2 is 2.14 bits per heavy atom. The van der Waals surface area contributed by atoms with E-state index in [9.17, 15) is 0 Å². The van der Waals surface area contributed by atoms with Gasteiger partial charge in [0.1, 0.15) is 17.5 Å². The van der Waals surface area contributed by atoms with Crippen LogP contribution in [0.3, 0.4) is 0 Å². The first-order valence-corrected chi connectivity index (χ1v) is 10.3. The molecule has 0 aliphatic carbocycles. The molecule has 4 aromatic rings. The monoisotopic (exact) mass is 405 g/mol. The van der Waals surface area contributed by atoms with Gasteiger partial charge in [-0.1, -0.05) is 23.4 Å². The molecule has 1 unspecified atom stereocenters. The topological polar surface area (TPSA) is 77.2 Å². The molecule has 29 heavy (non-hydrogen) atoms. The number of hydrogen-bond donors (Lipinski definition) is 0. The molecule has 1 fully saturated rings. The molecule has 1 atom stereocenters. The Morgan fingerprint density at radius 1 is 1.17 bits per heavy atom. The van der Waals surface area contributed by atoms with Crippen molar-refractivity contribution in [2.24, 2.45) is 0 Å². The Kier molecular flexibility index (Phi) is 5.02. The van der Waals surface area contributed by atoms with Gasteiger partial charge in [-0.05, 0) is 30.0 Å².